The van der Waals surface area contributed by atoms with Crippen molar-refractivity contribution in [2.45, 2.75) is 26.4 Å². The van der Waals surface area contributed by atoms with Gasteiger partial charge in [-0.25, -0.2) is 4.99 Å². The van der Waals surface area contributed by atoms with Gasteiger partial charge in [0.25, 0.3) is 5.69 Å². The monoisotopic (exact) mass is 460 g/mol. The van der Waals surface area contributed by atoms with E-state index in [1.807, 2.05) is 11.4 Å². The molecule has 0 bridgehead atoms. The van der Waals surface area contributed by atoms with Crippen LogP contribution in [0.5, 0.6) is 0 Å². The van der Waals surface area contributed by atoms with Gasteiger partial charge in [0, 0.05) is 23.6 Å². The van der Waals surface area contributed by atoms with E-state index in [2.05, 4.69) is 28.6 Å². The molecule has 0 spiro atoms. The summed E-state index contributed by atoms with van der Waals surface area (Å²) < 4.78 is 0. The molecule has 0 radical (unpaired) electrons. The van der Waals surface area contributed by atoms with E-state index in [4.69, 9.17) is 0 Å². The third-order valence-electron chi connectivity index (χ3n) is 3.12. The Balaban J connectivity index is 0.00000288. The van der Waals surface area contributed by atoms with Crippen LogP contribution in [-0.2, 0) is 13.1 Å². The van der Waals surface area contributed by atoms with Crippen LogP contribution in [0.15, 0.2) is 46.8 Å². The minimum absolute atomic E-state index is 0. The van der Waals surface area contributed by atoms with Crippen LogP contribution in [0.3, 0.4) is 0 Å². The predicted molar refractivity (Wildman–Crippen MR) is 109 cm³/mol. The molecular weight excluding hydrogens is 439 g/mol. The summed E-state index contributed by atoms with van der Waals surface area (Å²) in [7, 11) is 0. The number of nitrogens with zero attached hydrogens (tertiary/aromatic N) is 2. The number of hydrogen-bond donors (Lipinski definition) is 2. The Hall–Kier alpha value is -1.68. The summed E-state index contributed by atoms with van der Waals surface area (Å²) in [6.07, 6.45) is 1.01. The second kappa shape index (κ2) is 11.0. The zero-order chi connectivity index (χ0) is 16.5. The van der Waals surface area contributed by atoms with Crippen LogP contribution in [0, 0.1) is 10.1 Å². The Bertz CT molecular complexity index is 645. The molecule has 0 atom stereocenters. The van der Waals surface area contributed by atoms with Crippen molar-refractivity contribution in [1.29, 1.82) is 0 Å². The molecule has 0 aliphatic heterocycles. The maximum absolute atomic E-state index is 10.7. The van der Waals surface area contributed by atoms with Gasteiger partial charge in [0.1, 0.15) is 0 Å². The van der Waals surface area contributed by atoms with Gasteiger partial charge < -0.3 is 10.6 Å². The van der Waals surface area contributed by atoms with E-state index >= 15 is 0 Å². The fraction of sp³-hybridized carbons (Fsp3) is 0.312. The maximum Gasteiger partial charge on any atom is 0.269 e. The van der Waals surface area contributed by atoms with Crippen molar-refractivity contribution in [2.24, 2.45) is 4.99 Å². The summed E-state index contributed by atoms with van der Waals surface area (Å²) in [5.74, 6) is 0.749. The van der Waals surface area contributed by atoms with Gasteiger partial charge in [-0.3, -0.25) is 10.1 Å². The second-order valence-corrected chi connectivity index (χ2v) is 5.98. The molecule has 2 rings (SSSR count). The normalized spacial score (nSPS) is 10.8. The number of thiophene rings is 1. The van der Waals surface area contributed by atoms with Gasteiger partial charge in [0.2, 0.25) is 0 Å². The average Bonchev–Trinajstić information content (AvgIpc) is 3.08. The lowest BCUT2D eigenvalue weighted by Crippen LogP contribution is -2.37. The van der Waals surface area contributed by atoms with E-state index in [9.17, 15) is 10.1 Å². The highest BCUT2D eigenvalue weighted by Crippen LogP contribution is 2.12. The average molecular weight is 460 g/mol. The molecule has 24 heavy (non-hydrogen) atoms. The van der Waals surface area contributed by atoms with Crippen molar-refractivity contribution in [3.05, 3.63) is 62.3 Å². The molecule has 0 unspecified atom stereocenters. The number of non-ortho nitro benzene ring substituents is 1. The van der Waals surface area contributed by atoms with Crippen LogP contribution >= 0.6 is 35.3 Å². The lowest BCUT2D eigenvalue weighted by atomic mass is 10.2. The first-order chi connectivity index (χ1) is 11.2. The Labute approximate surface area is 162 Å². The number of halogens is 1. The van der Waals surface area contributed by atoms with Crippen molar-refractivity contribution >= 4 is 47.0 Å². The lowest BCUT2D eigenvalue weighted by molar-refractivity contribution is -0.384. The van der Waals surface area contributed by atoms with Gasteiger partial charge >= 0.3 is 0 Å². The van der Waals surface area contributed by atoms with Crippen LogP contribution < -0.4 is 10.6 Å². The molecule has 0 aliphatic rings. The van der Waals surface area contributed by atoms with Crippen molar-refractivity contribution in [3.63, 3.8) is 0 Å². The number of guanidine groups is 1. The third-order valence-corrected chi connectivity index (χ3v) is 4.00. The first-order valence-corrected chi connectivity index (χ1v) is 8.35. The molecule has 2 aromatic rings. The van der Waals surface area contributed by atoms with Crippen LogP contribution in [-0.4, -0.2) is 17.4 Å². The van der Waals surface area contributed by atoms with Crippen LogP contribution in [0.2, 0.25) is 0 Å². The Morgan fingerprint density at radius 2 is 2.00 bits per heavy atom. The van der Waals surface area contributed by atoms with Crippen LogP contribution in [0.4, 0.5) is 5.69 Å². The SMILES string of the molecule is CCCNC(=NCc1ccc([N+](=O)[O-])cc1)NCc1cccs1.I. The summed E-state index contributed by atoms with van der Waals surface area (Å²) in [5.41, 5.74) is 1.03. The molecule has 1 aromatic heterocycles. The molecule has 6 nitrogen and oxygen atoms in total. The van der Waals surface area contributed by atoms with Crippen molar-refractivity contribution < 1.29 is 4.92 Å². The van der Waals surface area contributed by atoms with E-state index in [-0.39, 0.29) is 29.7 Å². The zero-order valence-electron chi connectivity index (χ0n) is 13.4. The quantitative estimate of drug-likeness (QED) is 0.216. The molecule has 1 heterocycles. The molecule has 0 saturated carbocycles. The zero-order valence-corrected chi connectivity index (χ0v) is 16.5. The van der Waals surface area contributed by atoms with Crippen molar-refractivity contribution in [3.8, 4) is 0 Å². The van der Waals surface area contributed by atoms with E-state index in [0.29, 0.717) is 6.54 Å². The van der Waals surface area contributed by atoms with Gasteiger partial charge in [0.05, 0.1) is 18.0 Å². The predicted octanol–water partition coefficient (Wildman–Crippen LogP) is 3.92. The largest absolute Gasteiger partial charge is 0.356 e. The maximum atomic E-state index is 10.7. The molecule has 2 N–H and O–H groups in total. The highest BCUT2D eigenvalue weighted by atomic mass is 127. The standard InChI is InChI=1S/C16H20N4O2S.HI/c1-2-9-17-16(19-12-15-4-3-10-23-15)18-11-13-5-7-14(8-6-13)20(21)22;/h3-8,10H,2,9,11-12H2,1H3,(H2,17,18,19);1H. The molecule has 0 fully saturated rings. The van der Waals surface area contributed by atoms with E-state index < -0.39 is 4.92 Å². The molecule has 0 saturated heterocycles. The molecule has 8 heteroatoms. The number of nitrogens with one attached hydrogen (secondary N) is 2. The molecule has 0 amide bonds. The molecule has 0 aliphatic carbocycles. The van der Waals surface area contributed by atoms with Crippen LogP contribution in [0.1, 0.15) is 23.8 Å². The highest BCUT2D eigenvalue weighted by molar-refractivity contribution is 14.0. The van der Waals surface area contributed by atoms with Crippen molar-refractivity contribution in [2.75, 3.05) is 6.54 Å². The topological polar surface area (TPSA) is 79.6 Å². The number of rotatable bonds is 7. The minimum Gasteiger partial charge on any atom is -0.356 e. The summed E-state index contributed by atoms with van der Waals surface area (Å²) >= 11 is 1.70. The Kier molecular flexibility index (Phi) is 9.31. The fourth-order valence-electron chi connectivity index (χ4n) is 1.90. The van der Waals surface area contributed by atoms with Gasteiger partial charge in [-0.15, -0.1) is 35.3 Å². The van der Waals surface area contributed by atoms with Gasteiger partial charge in [0.15, 0.2) is 5.96 Å². The second-order valence-electron chi connectivity index (χ2n) is 4.95. The fourth-order valence-corrected chi connectivity index (χ4v) is 2.54. The molecule has 1 aromatic carbocycles. The van der Waals surface area contributed by atoms with Gasteiger partial charge in [-0.2, -0.15) is 0 Å². The Morgan fingerprint density at radius 3 is 2.58 bits per heavy atom. The van der Waals surface area contributed by atoms with Crippen molar-refractivity contribution in [1.82, 2.24) is 10.6 Å². The smallest absolute Gasteiger partial charge is 0.269 e. The number of nitro benzene ring substituents is 1. The van der Waals surface area contributed by atoms with E-state index in [1.165, 1.54) is 17.0 Å². The molecule has 130 valence electrons. The minimum atomic E-state index is -0.399. The first-order valence-electron chi connectivity index (χ1n) is 7.47. The van der Waals surface area contributed by atoms with Crippen LogP contribution in [0.25, 0.3) is 0 Å². The lowest BCUT2D eigenvalue weighted by Gasteiger charge is -2.11. The number of hydrogen-bond acceptors (Lipinski definition) is 4. The first kappa shape index (κ1) is 20.4. The highest BCUT2D eigenvalue weighted by Gasteiger charge is 2.04. The van der Waals surface area contributed by atoms with E-state index in [1.54, 1.807) is 23.5 Å². The molecular formula is C16H21IN4O2S. The van der Waals surface area contributed by atoms with Gasteiger partial charge in [-0.1, -0.05) is 25.1 Å². The summed E-state index contributed by atoms with van der Waals surface area (Å²) in [6.45, 7) is 4.14. The van der Waals surface area contributed by atoms with E-state index in [0.717, 1.165) is 31.0 Å². The van der Waals surface area contributed by atoms with Gasteiger partial charge in [-0.05, 0) is 23.4 Å². The third kappa shape index (κ3) is 6.83. The number of aliphatic imine (C=N–C) groups is 1. The number of nitro groups is 1. The number of benzene rings is 1. The Morgan fingerprint density at radius 1 is 1.25 bits per heavy atom. The summed E-state index contributed by atoms with van der Waals surface area (Å²) in [6, 6.07) is 10.6. The summed E-state index contributed by atoms with van der Waals surface area (Å²) in [4.78, 5) is 16.0. The summed E-state index contributed by atoms with van der Waals surface area (Å²) in [5, 5.41) is 19.3.